The molecule has 0 atom stereocenters. The average Bonchev–Trinajstić information content (AvgIpc) is 2.30. The van der Waals surface area contributed by atoms with Crippen LogP contribution in [0.3, 0.4) is 0 Å². The van der Waals surface area contributed by atoms with Gasteiger partial charge in [0.05, 0.1) is 12.1 Å². The van der Waals surface area contributed by atoms with Crippen LogP contribution >= 0.6 is 0 Å². The van der Waals surface area contributed by atoms with E-state index in [1.54, 1.807) is 18.4 Å². The van der Waals surface area contributed by atoms with Crippen LogP contribution in [0.15, 0.2) is 18.3 Å². The third-order valence-electron chi connectivity index (χ3n) is 1.70. The van der Waals surface area contributed by atoms with E-state index in [1.165, 1.54) is 6.20 Å². The molecule has 0 unspecified atom stereocenters. The number of pyridine rings is 1. The molecule has 0 fully saturated rings. The summed E-state index contributed by atoms with van der Waals surface area (Å²) in [6.45, 7) is 1.57. The first-order valence-corrected chi connectivity index (χ1v) is 4.52. The Kier molecular flexibility index (Phi) is 4.84. The number of hydrogen-bond acceptors (Lipinski definition) is 5. The number of nitrogens with zero attached hydrogens (tertiary/aromatic N) is 2. The smallest absolute Gasteiger partial charge is 0.213 e. The summed E-state index contributed by atoms with van der Waals surface area (Å²) in [5, 5.41) is 14.4. The summed E-state index contributed by atoms with van der Waals surface area (Å²) < 4.78 is 0. The van der Waals surface area contributed by atoms with Crippen molar-refractivity contribution < 1.29 is 4.79 Å². The zero-order chi connectivity index (χ0) is 10.9. The fourth-order valence-corrected chi connectivity index (χ4v) is 0.983. The highest BCUT2D eigenvalue weighted by Crippen LogP contribution is 2.02. The van der Waals surface area contributed by atoms with Crippen molar-refractivity contribution in [2.45, 2.75) is 0 Å². The van der Waals surface area contributed by atoms with Gasteiger partial charge in [0.25, 0.3) is 0 Å². The van der Waals surface area contributed by atoms with Gasteiger partial charge in [-0.3, -0.25) is 4.79 Å². The number of hydrogen-bond donors (Lipinski definition) is 2. The van der Waals surface area contributed by atoms with Crippen LogP contribution in [-0.4, -0.2) is 30.9 Å². The predicted octanol–water partition coefficient (Wildman–Crippen LogP) is 0.0645. The van der Waals surface area contributed by atoms with Gasteiger partial charge in [-0.1, -0.05) is 0 Å². The predicted molar refractivity (Wildman–Crippen MR) is 56.0 cm³/mol. The van der Waals surface area contributed by atoms with Crippen molar-refractivity contribution in [1.29, 1.82) is 5.26 Å². The fourth-order valence-electron chi connectivity index (χ4n) is 0.983. The standard InChI is InChI=1S/C10H11N4O/c11-7-9-1-2-10(14-8-9)13-4-3-12-5-6-15/h1-2,8,12H,3-5H2,(H,13,14). The molecule has 1 radical (unpaired) electrons. The Labute approximate surface area is 88.1 Å². The number of anilines is 1. The second-order valence-corrected chi connectivity index (χ2v) is 2.79. The third-order valence-corrected chi connectivity index (χ3v) is 1.70. The fraction of sp³-hybridized carbons (Fsp3) is 0.300. The summed E-state index contributed by atoms with van der Waals surface area (Å²) in [7, 11) is 0. The van der Waals surface area contributed by atoms with Crippen molar-refractivity contribution >= 4 is 12.1 Å². The van der Waals surface area contributed by atoms with E-state index < -0.39 is 0 Å². The Bertz CT molecular complexity index is 341. The van der Waals surface area contributed by atoms with Crippen LogP contribution in [0.2, 0.25) is 0 Å². The Hall–Kier alpha value is -1.93. The molecule has 2 N–H and O–H groups in total. The Morgan fingerprint density at radius 2 is 2.27 bits per heavy atom. The third kappa shape index (κ3) is 4.20. The highest BCUT2D eigenvalue weighted by atomic mass is 16.1. The van der Waals surface area contributed by atoms with Crippen molar-refractivity contribution in [1.82, 2.24) is 10.3 Å². The van der Waals surface area contributed by atoms with Crippen LogP contribution in [0.1, 0.15) is 5.56 Å². The zero-order valence-corrected chi connectivity index (χ0v) is 8.16. The van der Waals surface area contributed by atoms with Gasteiger partial charge in [0.15, 0.2) is 0 Å². The van der Waals surface area contributed by atoms with Gasteiger partial charge >= 0.3 is 0 Å². The summed E-state index contributed by atoms with van der Waals surface area (Å²) in [5.41, 5.74) is 0.536. The van der Waals surface area contributed by atoms with Crippen LogP contribution < -0.4 is 10.6 Å². The minimum Gasteiger partial charge on any atom is -0.369 e. The Morgan fingerprint density at radius 3 is 2.87 bits per heavy atom. The summed E-state index contributed by atoms with van der Waals surface area (Å²) in [5.74, 6) is 0.714. The van der Waals surface area contributed by atoms with Gasteiger partial charge in [0.2, 0.25) is 6.29 Å². The van der Waals surface area contributed by atoms with E-state index in [1.807, 2.05) is 6.07 Å². The Balaban J connectivity index is 2.26. The highest BCUT2D eigenvalue weighted by Gasteiger charge is 1.93. The van der Waals surface area contributed by atoms with E-state index in [-0.39, 0.29) is 6.54 Å². The van der Waals surface area contributed by atoms with Gasteiger partial charge in [0, 0.05) is 19.3 Å². The molecule has 15 heavy (non-hydrogen) atoms. The van der Waals surface area contributed by atoms with E-state index >= 15 is 0 Å². The lowest BCUT2D eigenvalue weighted by atomic mass is 10.3. The lowest BCUT2D eigenvalue weighted by Crippen LogP contribution is -2.23. The van der Waals surface area contributed by atoms with Crippen LogP contribution in [0, 0.1) is 11.3 Å². The lowest BCUT2D eigenvalue weighted by Gasteiger charge is -2.04. The summed E-state index contributed by atoms with van der Waals surface area (Å²) in [4.78, 5) is 13.9. The van der Waals surface area contributed by atoms with Crippen molar-refractivity contribution in [3.63, 3.8) is 0 Å². The largest absolute Gasteiger partial charge is 0.369 e. The second kappa shape index (κ2) is 6.51. The number of aromatic nitrogens is 1. The summed E-state index contributed by atoms with van der Waals surface area (Å²) >= 11 is 0. The molecule has 0 aliphatic heterocycles. The lowest BCUT2D eigenvalue weighted by molar-refractivity contribution is 0.549. The molecule has 1 heterocycles. The van der Waals surface area contributed by atoms with Crippen molar-refractivity contribution in [3.05, 3.63) is 23.9 Å². The number of carbonyl (C=O) groups excluding carboxylic acids is 1. The van der Waals surface area contributed by atoms with E-state index in [4.69, 9.17) is 5.26 Å². The molecule has 0 aliphatic carbocycles. The van der Waals surface area contributed by atoms with Crippen molar-refractivity contribution in [3.8, 4) is 6.07 Å². The maximum atomic E-state index is 9.86. The molecule has 5 heteroatoms. The topological polar surface area (TPSA) is 77.8 Å². The van der Waals surface area contributed by atoms with Crippen molar-refractivity contribution in [2.75, 3.05) is 25.0 Å². The van der Waals surface area contributed by atoms with Gasteiger partial charge in [-0.2, -0.15) is 5.26 Å². The first-order valence-electron chi connectivity index (χ1n) is 4.52. The number of rotatable bonds is 6. The molecule has 1 aromatic rings. The van der Waals surface area contributed by atoms with E-state index in [2.05, 4.69) is 15.6 Å². The quantitative estimate of drug-likeness (QED) is 0.639. The molecule has 0 saturated carbocycles. The maximum Gasteiger partial charge on any atom is 0.213 e. The molecule has 77 valence electrons. The second-order valence-electron chi connectivity index (χ2n) is 2.79. The minimum absolute atomic E-state index is 0.239. The first-order chi connectivity index (χ1) is 7.36. The molecule has 1 rings (SSSR count). The zero-order valence-electron chi connectivity index (χ0n) is 8.16. The summed E-state index contributed by atoms with van der Waals surface area (Å²) in [6.07, 6.45) is 3.25. The van der Waals surface area contributed by atoms with Gasteiger partial charge in [-0.15, -0.1) is 0 Å². The SMILES string of the molecule is N#Cc1ccc(NCCNC[C]=O)nc1. The molecule has 5 nitrogen and oxygen atoms in total. The molecule has 0 bridgehead atoms. The summed E-state index contributed by atoms with van der Waals surface area (Å²) in [6, 6.07) is 5.43. The number of nitriles is 1. The molecule has 0 aromatic carbocycles. The van der Waals surface area contributed by atoms with Crippen LogP contribution in [0.4, 0.5) is 5.82 Å². The van der Waals surface area contributed by atoms with E-state index in [0.717, 1.165) is 0 Å². The van der Waals surface area contributed by atoms with Gasteiger partial charge < -0.3 is 10.6 Å². The molecule has 1 aromatic heterocycles. The van der Waals surface area contributed by atoms with Crippen LogP contribution in [-0.2, 0) is 4.79 Å². The highest BCUT2D eigenvalue weighted by molar-refractivity contribution is 5.52. The molecular formula is C10H11N4O. The van der Waals surface area contributed by atoms with E-state index in [9.17, 15) is 4.79 Å². The maximum absolute atomic E-state index is 9.86. The van der Waals surface area contributed by atoms with E-state index in [0.29, 0.717) is 24.5 Å². The first kappa shape index (κ1) is 11.1. The monoisotopic (exact) mass is 203 g/mol. The van der Waals surface area contributed by atoms with Crippen LogP contribution in [0.5, 0.6) is 0 Å². The molecule has 0 aliphatic rings. The Morgan fingerprint density at radius 1 is 1.40 bits per heavy atom. The van der Waals surface area contributed by atoms with Gasteiger partial charge in [-0.05, 0) is 12.1 Å². The van der Waals surface area contributed by atoms with Crippen LogP contribution in [0.25, 0.3) is 0 Å². The molecular weight excluding hydrogens is 192 g/mol. The number of nitrogens with one attached hydrogen (secondary N) is 2. The van der Waals surface area contributed by atoms with Gasteiger partial charge in [0.1, 0.15) is 11.9 Å². The molecule has 0 saturated heterocycles. The normalized spacial score (nSPS) is 9.27. The van der Waals surface area contributed by atoms with Crippen molar-refractivity contribution in [2.24, 2.45) is 0 Å². The average molecular weight is 203 g/mol. The molecule has 0 spiro atoms. The van der Waals surface area contributed by atoms with Gasteiger partial charge in [-0.25, -0.2) is 4.98 Å². The molecule has 0 amide bonds. The minimum atomic E-state index is 0.239.